The molecule has 44 valence electrons. The number of nitrogens with one attached hydrogen (secondary N) is 2. The van der Waals surface area contributed by atoms with Crippen LogP contribution in [0.5, 0.6) is 0 Å². The number of ketones is 1. The Morgan fingerprint density at radius 1 is 1.62 bits per heavy atom. The standard InChI is InChI=1S/C5H8N2O/c8-4-1-5(4)2-6-3-7-5/h6-7H,1-3H2. The maximum atomic E-state index is 10.6. The van der Waals surface area contributed by atoms with E-state index in [1.807, 2.05) is 0 Å². The van der Waals surface area contributed by atoms with Crippen molar-refractivity contribution in [3.05, 3.63) is 0 Å². The first-order chi connectivity index (χ1) is 3.83. The summed E-state index contributed by atoms with van der Waals surface area (Å²) >= 11 is 0. The molecule has 0 aromatic rings. The topological polar surface area (TPSA) is 41.1 Å². The quantitative estimate of drug-likeness (QED) is 0.415. The van der Waals surface area contributed by atoms with Gasteiger partial charge in [-0.25, -0.2) is 0 Å². The predicted octanol–water partition coefficient (Wildman–Crippen LogP) is -1.15. The second-order valence-corrected chi connectivity index (χ2v) is 2.46. The van der Waals surface area contributed by atoms with Crippen molar-refractivity contribution in [3.8, 4) is 0 Å². The lowest BCUT2D eigenvalue weighted by molar-refractivity contribution is -0.111. The minimum Gasteiger partial charge on any atom is -0.302 e. The van der Waals surface area contributed by atoms with Crippen LogP contribution in [0, 0.1) is 0 Å². The summed E-state index contributed by atoms with van der Waals surface area (Å²) in [5.74, 6) is 0.363. The van der Waals surface area contributed by atoms with E-state index in [0.717, 1.165) is 19.6 Å². The van der Waals surface area contributed by atoms with Crippen LogP contribution in [0.2, 0.25) is 0 Å². The highest BCUT2D eigenvalue weighted by Crippen LogP contribution is 2.30. The van der Waals surface area contributed by atoms with Crippen molar-refractivity contribution in [1.82, 2.24) is 10.6 Å². The lowest BCUT2D eigenvalue weighted by Crippen LogP contribution is -2.28. The molecule has 1 saturated carbocycles. The lowest BCUT2D eigenvalue weighted by Gasteiger charge is -1.96. The number of Topliss-reactive ketones (excluding diaryl/α,β-unsaturated/α-hetero) is 1. The highest BCUT2D eigenvalue weighted by Gasteiger charge is 2.55. The molecule has 0 aromatic heterocycles. The maximum absolute atomic E-state index is 10.6. The molecule has 0 amide bonds. The van der Waals surface area contributed by atoms with Crippen LogP contribution in [0.3, 0.4) is 0 Å². The van der Waals surface area contributed by atoms with Crippen LogP contribution in [0.1, 0.15) is 6.42 Å². The fourth-order valence-electron chi connectivity index (χ4n) is 1.12. The maximum Gasteiger partial charge on any atom is 0.157 e. The second-order valence-electron chi connectivity index (χ2n) is 2.46. The number of hydrogen-bond acceptors (Lipinski definition) is 3. The Morgan fingerprint density at radius 3 is 2.62 bits per heavy atom. The van der Waals surface area contributed by atoms with Gasteiger partial charge in [0.1, 0.15) is 0 Å². The normalized spacial score (nSPS) is 43.8. The van der Waals surface area contributed by atoms with Crippen molar-refractivity contribution in [3.63, 3.8) is 0 Å². The van der Waals surface area contributed by atoms with E-state index in [-0.39, 0.29) is 5.54 Å². The molecule has 3 nitrogen and oxygen atoms in total. The van der Waals surface area contributed by atoms with E-state index in [1.54, 1.807) is 0 Å². The van der Waals surface area contributed by atoms with Crippen LogP contribution >= 0.6 is 0 Å². The molecule has 2 N–H and O–H groups in total. The smallest absolute Gasteiger partial charge is 0.157 e. The third-order valence-electron chi connectivity index (χ3n) is 1.85. The zero-order valence-electron chi connectivity index (χ0n) is 4.53. The molecular weight excluding hydrogens is 104 g/mol. The van der Waals surface area contributed by atoms with Gasteiger partial charge in [0.15, 0.2) is 5.78 Å². The minimum atomic E-state index is -0.0972. The summed E-state index contributed by atoms with van der Waals surface area (Å²) in [6, 6.07) is 0. The highest BCUT2D eigenvalue weighted by molar-refractivity contribution is 6.05. The fraction of sp³-hybridized carbons (Fsp3) is 0.800. The van der Waals surface area contributed by atoms with Gasteiger partial charge >= 0.3 is 0 Å². The van der Waals surface area contributed by atoms with Gasteiger partial charge in [0, 0.05) is 19.6 Å². The molecule has 0 bridgehead atoms. The summed E-state index contributed by atoms with van der Waals surface area (Å²) in [6.07, 6.45) is 0.736. The zero-order valence-corrected chi connectivity index (χ0v) is 4.53. The number of carbonyl (C=O) groups excluding carboxylic acids is 1. The van der Waals surface area contributed by atoms with Crippen LogP contribution in [0.15, 0.2) is 0 Å². The van der Waals surface area contributed by atoms with Crippen molar-refractivity contribution in [1.29, 1.82) is 0 Å². The third-order valence-corrected chi connectivity index (χ3v) is 1.85. The largest absolute Gasteiger partial charge is 0.302 e. The fourth-order valence-corrected chi connectivity index (χ4v) is 1.12. The van der Waals surface area contributed by atoms with E-state index in [2.05, 4.69) is 10.6 Å². The number of hydrogen-bond donors (Lipinski definition) is 2. The van der Waals surface area contributed by atoms with Crippen molar-refractivity contribution < 1.29 is 4.79 Å². The lowest BCUT2D eigenvalue weighted by atomic mass is 10.3. The van der Waals surface area contributed by atoms with Gasteiger partial charge in [-0.1, -0.05) is 0 Å². The number of carbonyl (C=O) groups is 1. The van der Waals surface area contributed by atoms with Crippen molar-refractivity contribution >= 4 is 5.78 Å². The minimum absolute atomic E-state index is 0.0972. The van der Waals surface area contributed by atoms with Crippen LogP contribution in [0.4, 0.5) is 0 Å². The summed E-state index contributed by atoms with van der Waals surface area (Å²) < 4.78 is 0. The van der Waals surface area contributed by atoms with E-state index >= 15 is 0 Å². The van der Waals surface area contributed by atoms with Gasteiger partial charge in [-0.05, 0) is 0 Å². The summed E-state index contributed by atoms with van der Waals surface area (Å²) in [7, 11) is 0. The van der Waals surface area contributed by atoms with Gasteiger partial charge in [-0.3, -0.25) is 10.1 Å². The molecule has 2 fully saturated rings. The third kappa shape index (κ3) is 0.381. The van der Waals surface area contributed by atoms with Gasteiger partial charge in [-0.2, -0.15) is 0 Å². The summed E-state index contributed by atoms with van der Waals surface area (Å²) in [5, 5.41) is 6.17. The molecular formula is C5H8N2O. The first kappa shape index (κ1) is 4.47. The molecule has 8 heavy (non-hydrogen) atoms. The zero-order chi connectivity index (χ0) is 5.61. The molecule has 1 aliphatic carbocycles. The molecule has 1 saturated heterocycles. The molecule has 2 aliphatic rings. The molecule has 0 radical (unpaired) electrons. The molecule has 3 heteroatoms. The molecule has 1 spiro atoms. The summed E-state index contributed by atoms with van der Waals surface area (Å²) in [5.41, 5.74) is -0.0972. The van der Waals surface area contributed by atoms with E-state index in [0.29, 0.717) is 5.78 Å². The van der Waals surface area contributed by atoms with E-state index in [1.165, 1.54) is 0 Å². The second kappa shape index (κ2) is 1.11. The Morgan fingerprint density at radius 2 is 2.38 bits per heavy atom. The van der Waals surface area contributed by atoms with Crippen LogP contribution in [-0.2, 0) is 4.79 Å². The first-order valence-corrected chi connectivity index (χ1v) is 2.83. The van der Waals surface area contributed by atoms with Gasteiger partial charge < -0.3 is 5.32 Å². The van der Waals surface area contributed by atoms with Crippen molar-refractivity contribution in [2.45, 2.75) is 12.0 Å². The van der Waals surface area contributed by atoms with Crippen molar-refractivity contribution in [2.75, 3.05) is 13.2 Å². The average molecular weight is 112 g/mol. The SMILES string of the molecule is O=C1CC12CNCN2. The molecule has 1 aliphatic heterocycles. The Hall–Kier alpha value is -0.410. The van der Waals surface area contributed by atoms with E-state index in [9.17, 15) is 4.79 Å². The summed E-state index contributed by atoms with van der Waals surface area (Å²) in [4.78, 5) is 10.6. The average Bonchev–Trinajstić information content (AvgIpc) is 2.29. The molecule has 1 unspecified atom stereocenters. The van der Waals surface area contributed by atoms with Crippen LogP contribution in [-0.4, -0.2) is 24.5 Å². The predicted molar refractivity (Wildman–Crippen MR) is 28.4 cm³/mol. The Bertz CT molecular complexity index is 137. The van der Waals surface area contributed by atoms with Crippen molar-refractivity contribution in [2.24, 2.45) is 0 Å². The van der Waals surface area contributed by atoms with Crippen LogP contribution < -0.4 is 10.6 Å². The van der Waals surface area contributed by atoms with Gasteiger partial charge in [-0.15, -0.1) is 0 Å². The Balaban J connectivity index is 2.16. The molecule has 1 heterocycles. The van der Waals surface area contributed by atoms with Gasteiger partial charge in [0.2, 0.25) is 0 Å². The molecule has 2 rings (SSSR count). The molecule has 0 aromatic carbocycles. The first-order valence-electron chi connectivity index (χ1n) is 2.83. The van der Waals surface area contributed by atoms with E-state index in [4.69, 9.17) is 0 Å². The molecule has 1 atom stereocenters. The Labute approximate surface area is 47.4 Å². The van der Waals surface area contributed by atoms with E-state index < -0.39 is 0 Å². The highest BCUT2D eigenvalue weighted by atomic mass is 16.1. The van der Waals surface area contributed by atoms with Crippen LogP contribution in [0.25, 0.3) is 0 Å². The summed E-state index contributed by atoms with van der Waals surface area (Å²) in [6.45, 7) is 1.64. The van der Waals surface area contributed by atoms with Gasteiger partial charge in [0.05, 0.1) is 5.54 Å². The monoisotopic (exact) mass is 112 g/mol. The van der Waals surface area contributed by atoms with Gasteiger partial charge in [0.25, 0.3) is 0 Å². The Kier molecular flexibility index (Phi) is 0.623. The number of rotatable bonds is 0.